The van der Waals surface area contributed by atoms with Crippen LogP contribution >= 0.6 is 11.6 Å². The van der Waals surface area contributed by atoms with Gasteiger partial charge in [-0.25, -0.2) is 13.4 Å². The van der Waals surface area contributed by atoms with Gasteiger partial charge in [-0.05, 0) is 31.4 Å². The maximum absolute atomic E-state index is 11.8. The molecule has 1 spiro atoms. The van der Waals surface area contributed by atoms with E-state index in [1.54, 1.807) is 6.20 Å². The lowest BCUT2D eigenvalue weighted by Gasteiger charge is -2.40. The summed E-state index contributed by atoms with van der Waals surface area (Å²) in [4.78, 5) is 6.48. The molecule has 6 heteroatoms. The fourth-order valence-corrected chi connectivity index (χ4v) is 5.75. The second-order valence-electron chi connectivity index (χ2n) is 5.68. The third-order valence-corrected chi connectivity index (χ3v) is 6.34. The zero-order chi connectivity index (χ0) is 13.5. The van der Waals surface area contributed by atoms with Crippen LogP contribution in [0.3, 0.4) is 0 Å². The molecule has 0 saturated carbocycles. The molecule has 3 rings (SSSR count). The summed E-state index contributed by atoms with van der Waals surface area (Å²) in [7, 11) is -2.85. The van der Waals surface area contributed by atoms with Crippen molar-refractivity contribution in [3.63, 3.8) is 0 Å². The third-order valence-electron chi connectivity index (χ3n) is 4.17. The molecule has 1 atom stereocenters. The van der Waals surface area contributed by atoms with Gasteiger partial charge < -0.3 is 4.90 Å². The molecule has 2 aliphatic heterocycles. The number of halogens is 1. The number of piperidine rings is 1. The molecule has 2 saturated heterocycles. The maximum atomic E-state index is 11.8. The Balaban J connectivity index is 1.85. The highest BCUT2D eigenvalue weighted by molar-refractivity contribution is 7.91. The molecule has 0 aromatic carbocycles. The SMILES string of the molecule is O=S1(=O)CCC2(CCCN(c3ncccc3Cl)C2)C1. The Bertz CT molecular complexity index is 590. The molecule has 1 unspecified atom stereocenters. The highest BCUT2D eigenvalue weighted by Crippen LogP contribution is 2.41. The molecular weight excluding hydrogens is 284 g/mol. The first-order valence-electron chi connectivity index (χ1n) is 6.56. The van der Waals surface area contributed by atoms with Crippen LogP contribution < -0.4 is 4.90 Å². The molecule has 0 N–H and O–H groups in total. The van der Waals surface area contributed by atoms with E-state index in [2.05, 4.69) is 9.88 Å². The van der Waals surface area contributed by atoms with E-state index in [4.69, 9.17) is 11.6 Å². The summed E-state index contributed by atoms with van der Waals surface area (Å²) in [6.45, 7) is 1.65. The average molecular weight is 301 g/mol. The first-order valence-corrected chi connectivity index (χ1v) is 8.76. The van der Waals surface area contributed by atoms with E-state index < -0.39 is 9.84 Å². The Hall–Kier alpha value is -0.810. The minimum absolute atomic E-state index is 0.0854. The lowest BCUT2D eigenvalue weighted by Crippen LogP contribution is -2.44. The van der Waals surface area contributed by atoms with Crippen molar-refractivity contribution < 1.29 is 8.42 Å². The van der Waals surface area contributed by atoms with Gasteiger partial charge in [0.25, 0.3) is 0 Å². The normalized spacial score (nSPS) is 29.8. The van der Waals surface area contributed by atoms with Gasteiger partial charge in [0.15, 0.2) is 9.84 Å². The third kappa shape index (κ3) is 2.58. The van der Waals surface area contributed by atoms with Gasteiger partial charge in [0.2, 0.25) is 0 Å². The van der Waals surface area contributed by atoms with Crippen molar-refractivity contribution in [1.82, 2.24) is 4.98 Å². The summed E-state index contributed by atoms with van der Waals surface area (Å²) >= 11 is 6.19. The van der Waals surface area contributed by atoms with Gasteiger partial charge in [0.1, 0.15) is 5.82 Å². The Morgan fingerprint density at radius 3 is 2.89 bits per heavy atom. The summed E-state index contributed by atoms with van der Waals surface area (Å²) in [5.41, 5.74) is -0.0854. The molecule has 2 fully saturated rings. The molecule has 0 bridgehead atoms. The highest BCUT2D eigenvalue weighted by Gasteiger charge is 2.45. The van der Waals surface area contributed by atoms with Gasteiger partial charge in [-0.2, -0.15) is 0 Å². The van der Waals surface area contributed by atoms with E-state index >= 15 is 0 Å². The summed E-state index contributed by atoms with van der Waals surface area (Å²) in [5.74, 6) is 1.44. The lowest BCUT2D eigenvalue weighted by molar-refractivity contribution is 0.269. The van der Waals surface area contributed by atoms with Gasteiger partial charge in [0, 0.05) is 24.7 Å². The van der Waals surface area contributed by atoms with Crippen molar-refractivity contribution in [1.29, 1.82) is 0 Å². The molecule has 1 aromatic heterocycles. The summed E-state index contributed by atoms with van der Waals surface area (Å²) in [6, 6.07) is 3.64. The van der Waals surface area contributed by atoms with Gasteiger partial charge in [0.05, 0.1) is 16.5 Å². The van der Waals surface area contributed by atoms with Gasteiger partial charge in [-0.3, -0.25) is 0 Å². The van der Waals surface area contributed by atoms with E-state index in [0.29, 0.717) is 16.5 Å². The fourth-order valence-electron chi connectivity index (χ4n) is 3.30. The topological polar surface area (TPSA) is 50.3 Å². The van der Waals surface area contributed by atoms with Crippen LogP contribution in [-0.2, 0) is 9.84 Å². The van der Waals surface area contributed by atoms with Crippen LogP contribution in [-0.4, -0.2) is 38.0 Å². The lowest BCUT2D eigenvalue weighted by atomic mass is 9.79. The summed E-state index contributed by atoms with van der Waals surface area (Å²) in [6.07, 6.45) is 4.50. The monoisotopic (exact) mass is 300 g/mol. The predicted octanol–water partition coefficient (Wildman–Crippen LogP) is 2.14. The number of hydrogen-bond donors (Lipinski definition) is 0. The Morgan fingerprint density at radius 2 is 2.21 bits per heavy atom. The number of nitrogens with zero attached hydrogens (tertiary/aromatic N) is 2. The van der Waals surface area contributed by atoms with Crippen molar-refractivity contribution in [2.24, 2.45) is 5.41 Å². The molecule has 3 heterocycles. The molecule has 1 aromatic rings. The maximum Gasteiger partial charge on any atom is 0.150 e. The standard InChI is InChI=1S/C13H17ClN2O2S/c14-11-3-1-6-15-12(11)16-7-2-4-13(9-16)5-8-19(17,18)10-13/h1,3,6H,2,4-5,7-10H2. The zero-order valence-corrected chi connectivity index (χ0v) is 12.3. The number of rotatable bonds is 1. The van der Waals surface area contributed by atoms with Crippen LogP contribution in [0.1, 0.15) is 19.3 Å². The summed E-state index contributed by atoms with van der Waals surface area (Å²) in [5, 5.41) is 0.639. The second kappa shape index (κ2) is 4.63. The Morgan fingerprint density at radius 1 is 1.37 bits per heavy atom. The molecule has 0 radical (unpaired) electrons. The molecule has 2 aliphatic rings. The van der Waals surface area contributed by atoms with E-state index in [-0.39, 0.29) is 5.41 Å². The van der Waals surface area contributed by atoms with E-state index in [9.17, 15) is 8.42 Å². The van der Waals surface area contributed by atoms with Crippen molar-refractivity contribution in [2.45, 2.75) is 19.3 Å². The van der Waals surface area contributed by atoms with Crippen LogP contribution in [0, 0.1) is 5.41 Å². The van der Waals surface area contributed by atoms with Crippen molar-refractivity contribution >= 4 is 27.3 Å². The summed E-state index contributed by atoms with van der Waals surface area (Å²) < 4.78 is 23.5. The Kier molecular flexibility index (Phi) is 3.21. The van der Waals surface area contributed by atoms with Crippen molar-refractivity contribution in [2.75, 3.05) is 29.5 Å². The van der Waals surface area contributed by atoms with Crippen LogP contribution in [0.15, 0.2) is 18.3 Å². The quantitative estimate of drug-likeness (QED) is 0.797. The molecule has 0 amide bonds. The van der Waals surface area contributed by atoms with Crippen LogP contribution in [0.5, 0.6) is 0 Å². The van der Waals surface area contributed by atoms with E-state index in [0.717, 1.165) is 38.2 Å². The smallest absolute Gasteiger partial charge is 0.150 e. The predicted molar refractivity (Wildman–Crippen MR) is 76.4 cm³/mol. The van der Waals surface area contributed by atoms with Crippen LogP contribution in [0.4, 0.5) is 5.82 Å². The number of anilines is 1. The van der Waals surface area contributed by atoms with Crippen molar-refractivity contribution in [3.8, 4) is 0 Å². The second-order valence-corrected chi connectivity index (χ2v) is 8.27. The van der Waals surface area contributed by atoms with Crippen LogP contribution in [0.25, 0.3) is 0 Å². The highest BCUT2D eigenvalue weighted by atomic mass is 35.5. The van der Waals surface area contributed by atoms with Gasteiger partial charge >= 0.3 is 0 Å². The number of pyridine rings is 1. The zero-order valence-electron chi connectivity index (χ0n) is 10.7. The molecule has 0 aliphatic carbocycles. The largest absolute Gasteiger partial charge is 0.355 e. The first kappa shape index (κ1) is 13.2. The molecule has 4 nitrogen and oxygen atoms in total. The average Bonchev–Trinajstić information content (AvgIpc) is 2.65. The number of aromatic nitrogens is 1. The van der Waals surface area contributed by atoms with Crippen LogP contribution in [0.2, 0.25) is 5.02 Å². The molecule has 104 valence electrons. The Labute approximate surface area is 118 Å². The van der Waals surface area contributed by atoms with E-state index in [1.165, 1.54) is 0 Å². The molecular formula is C13H17ClN2O2S. The van der Waals surface area contributed by atoms with Crippen molar-refractivity contribution in [3.05, 3.63) is 23.4 Å². The molecule has 19 heavy (non-hydrogen) atoms. The van der Waals surface area contributed by atoms with Gasteiger partial charge in [-0.15, -0.1) is 0 Å². The van der Waals surface area contributed by atoms with Gasteiger partial charge in [-0.1, -0.05) is 11.6 Å². The fraction of sp³-hybridized carbons (Fsp3) is 0.615. The number of sulfone groups is 1. The minimum Gasteiger partial charge on any atom is -0.355 e. The first-order chi connectivity index (χ1) is 9.00. The minimum atomic E-state index is -2.85. The van der Waals surface area contributed by atoms with E-state index in [1.807, 2.05) is 12.1 Å². The number of hydrogen-bond acceptors (Lipinski definition) is 4.